The number of methoxy groups -OCH3 is 1. The minimum atomic E-state index is -3.22. The minimum absolute atomic E-state index is 0.0663. The van der Waals surface area contributed by atoms with E-state index in [0.717, 1.165) is 11.8 Å². The highest BCUT2D eigenvalue weighted by Gasteiger charge is 2.27. The van der Waals surface area contributed by atoms with Crippen LogP contribution in [0.25, 0.3) is 0 Å². The molecule has 0 fully saturated rings. The lowest BCUT2D eigenvalue weighted by Crippen LogP contribution is -2.41. The largest absolute Gasteiger partial charge is 0.496 e. The van der Waals surface area contributed by atoms with Gasteiger partial charge in [0.25, 0.3) is 5.91 Å². The highest BCUT2D eigenvalue weighted by Crippen LogP contribution is 2.29. The lowest BCUT2D eigenvalue weighted by Gasteiger charge is -2.28. The van der Waals surface area contributed by atoms with Crippen LogP contribution in [0.3, 0.4) is 0 Å². The van der Waals surface area contributed by atoms with E-state index in [1.807, 2.05) is 38.1 Å². The number of carbonyl (C=O) groups excluding carboxylic acids is 1. The molecule has 1 aromatic heterocycles. The number of ether oxygens (including phenoxy) is 1. The summed E-state index contributed by atoms with van der Waals surface area (Å²) >= 11 is 0. The number of amides is 1. The number of hydrogen-bond donors (Lipinski definition) is 1. The number of hydrogen-bond acceptors (Lipinski definition) is 5. The van der Waals surface area contributed by atoms with Gasteiger partial charge in [0.2, 0.25) is 0 Å². The maximum Gasteiger partial charge on any atom is 0.287 e. The van der Waals surface area contributed by atoms with Crippen molar-refractivity contribution in [2.75, 3.05) is 13.4 Å². The molecule has 0 spiro atoms. The Morgan fingerprint density at radius 3 is 2.50 bits per heavy atom. The molecule has 2 aromatic rings. The summed E-state index contributed by atoms with van der Waals surface area (Å²) in [7, 11) is -1.65. The number of nitrogens with one attached hydrogen (secondary N) is 1. The topological polar surface area (TPSA) is 85.6 Å². The zero-order chi connectivity index (χ0) is 18.0. The zero-order valence-electron chi connectivity index (χ0n) is 14.1. The highest BCUT2D eigenvalue weighted by atomic mass is 32.2. The van der Waals surface area contributed by atoms with Crippen molar-refractivity contribution in [2.45, 2.75) is 25.1 Å². The summed E-state index contributed by atoms with van der Waals surface area (Å²) < 4.78 is 33.3. The Labute approximate surface area is 141 Å². The van der Waals surface area contributed by atoms with Crippen LogP contribution in [-0.2, 0) is 21.1 Å². The molecule has 0 atom stereocenters. The van der Waals surface area contributed by atoms with Gasteiger partial charge in [-0.2, -0.15) is 0 Å². The molecule has 0 aliphatic carbocycles. The Kier molecular flexibility index (Phi) is 5.03. The first-order valence-electron chi connectivity index (χ1n) is 7.35. The van der Waals surface area contributed by atoms with E-state index in [9.17, 15) is 13.2 Å². The summed E-state index contributed by atoms with van der Waals surface area (Å²) in [6.45, 7) is 3.70. The third-order valence-electron chi connectivity index (χ3n) is 3.50. The molecule has 0 saturated heterocycles. The van der Waals surface area contributed by atoms with Gasteiger partial charge in [-0.3, -0.25) is 4.79 Å². The number of sulfone groups is 1. The van der Waals surface area contributed by atoms with Crippen molar-refractivity contribution in [3.05, 3.63) is 53.5 Å². The van der Waals surface area contributed by atoms with Crippen molar-refractivity contribution in [1.29, 1.82) is 0 Å². The standard InChI is InChI=1S/C17H21NO5S/c1-17(2,13-7-5-6-8-14(13)22-3)18-16(19)15-10-9-12(23-15)11-24(4,20)21/h5-10H,11H2,1-4H3,(H,18,19). The van der Waals surface area contributed by atoms with Crippen molar-refractivity contribution >= 4 is 15.7 Å². The maximum absolute atomic E-state index is 12.4. The molecule has 130 valence electrons. The molecule has 0 aliphatic rings. The summed E-state index contributed by atoms with van der Waals surface area (Å²) in [6.07, 6.45) is 1.11. The van der Waals surface area contributed by atoms with Gasteiger partial charge in [-0.1, -0.05) is 18.2 Å². The Morgan fingerprint density at radius 1 is 1.21 bits per heavy atom. The summed E-state index contributed by atoms with van der Waals surface area (Å²) in [6, 6.07) is 10.4. The Morgan fingerprint density at radius 2 is 1.88 bits per heavy atom. The van der Waals surface area contributed by atoms with E-state index in [-0.39, 0.29) is 17.3 Å². The molecule has 0 unspecified atom stereocenters. The molecule has 24 heavy (non-hydrogen) atoms. The van der Waals surface area contributed by atoms with E-state index in [1.54, 1.807) is 7.11 Å². The molecule has 0 bridgehead atoms. The molecular formula is C17H21NO5S. The Hall–Kier alpha value is -2.28. The number of rotatable bonds is 6. The van der Waals surface area contributed by atoms with Gasteiger partial charge >= 0.3 is 0 Å². The maximum atomic E-state index is 12.4. The second-order valence-electron chi connectivity index (χ2n) is 6.12. The lowest BCUT2D eigenvalue weighted by atomic mass is 9.93. The van der Waals surface area contributed by atoms with Crippen molar-refractivity contribution < 1.29 is 22.4 Å². The molecule has 0 saturated carbocycles. The van der Waals surface area contributed by atoms with Crippen molar-refractivity contribution in [2.24, 2.45) is 0 Å². The second-order valence-corrected chi connectivity index (χ2v) is 8.26. The molecule has 0 aliphatic heterocycles. The van der Waals surface area contributed by atoms with Gasteiger partial charge in [0.05, 0.1) is 12.6 Å². The van der Waals surface area contributed by atoms with E-state index >= 15 is 0 Å². The van der Waals surface area contributed by atoms with E-state index in [1.165, 1.54) is 12.1 Å². The van der Waals surface area contributed by atoms with Crippen LogP contribution in [0.4, 0.5) is 0 Å². The summed E-state index contributed by atoms with van der Waals surface area (Å²) in [5.74, 6) is 0.302. The first-order chi connectivity index (χ1) is 11.1. The quantitative estimate of drug-likeness (QED) is 0.864. The van der Waals surface area contributed by atoms with Gasteiger partial charge in [-0.05, 0) is 32.0 Å². The van der Waals surface area contributed by atoms with Crippen LogP contribution >= 0.6 is 0 Å². The normalized spacial score (nSPS) is 12.0. The van der Waals surface area contributed by atoms with E-state index < -0.39 is 21.3 Å². The van der Waals surface area contributed by atoms with Crippen LogP contribution in [0.2, 0.25) is 0 Å². The molecule has 1 N–H and O–H groups in total. The number of para-hydroxylation sites is 1. The zero-order valence-corrected chi connectivity index (χ0v) is 14.9. The third-order valence-corrected chi connectivity index (χ3v) is 4.31. The number of carbonyl (C=O) groups is 1. The monoisotopic (exact) mass is 351 g/mol. The smallest absolute Gasteiger partial charge is 0.287 e. The first kappa shape index (κ1) is 18.1. The summed E-state index contributed by atoms with van der Waals surface area (Å²) in [5, 5.41) is 2.88. The average molecular weight is 351 g/mol. The van der Waals surface area contributed by atoms with Crippen LogP contribution in [0, 0.1) is 0 Å². The Balaban J connectivity index is 2.19. The molecule has 1 heterocycles. The van der Waals surface area contributed by atoms with Crippen LogP contribution in [0.15, 0.2) is 40.8 Å². The fraction of sp³-hybridized carbons (Fsp3) is 0.353. The van der Waals surface area contributed by atoms with Crippen molar-refractivity contribution in [3.8, 4) is 5.75 Å². The van der Waals surface area contributed by atoms with E-state index in [2.05, 4.69) is 5.32 Å². The third kappa shape index (κ3) is 4.38. The number of furan rings is 1. The molecule has 6 nitrogen and oxygen atoms in total. The van der Waals surface area contributed by atoms with Gasteiger partial charge in [0.1, 0.15) is 17.3 Å². The second kappa shape index (κ2) is 6.68. The lowest BCUT2D eigenvalue weighted by molar-refractivity contribution is 0.0881. The van der Waals surface area contributed by atoms with Crippen LogP contribution in [-0.4, -0.2) is 27.7 Å². The van der Waals surface area contributed by atoms with E-state index in [0.29, 0.717) is 5.75 Å². The molecule has 2 rings (SSSR count). The number of benzene rings is 1. The van der Waals surface area contributed by atoms with Gasteiger partial charge in [0.15, 0.2) is 15.6 Å². The molecule has 7 heteroatoms. The predicted molar refractivity (Wildman–Crippen MR) is 90.7 cm³/mol. The first-order valence-corrected chi connectivity index (χ1v) is 9.41. The van der Waals surface area contributed by atoms with Gasteiger partial charge in [-0.15, -0.1) is 0 Å². The van der Waals surface area contributed by atoms with Crippen LogP contribution in [0.1, 0.15) is 35.7 Å². The van der Waals surface area contributed by atoms with Crippen LogP contribution in [0.5, 0.6) is 5.75 Å². The van der Waals surface area contributed by atoms with Crippen molar-refractivity contribution in [3.63, 3.8) is 0 Å². The molecule has 1 aromatic carbocycles. The van der Waals surface area contributed by atoms with Crippen molar-refractivity contribution in [1.82, 2.24) is 5.32 Å². The Bertz CT molecular complexity index is 836. The van der Waals surface area contributed by atoms with Gasteiger partial charge < -0.3 is 14.5 Å². The average Bonchev–Trinajstić information content (AvgIpc) is 2.93. The summed E-state index contributed by atoms with van der Waals surface area (Å²) in [5.41, 5.74) is 0.122. The highest BCUT2D eigenvalue weighted by molar-refractivity contribution is 7.89. The van der Waals surface area contributed by atoms with E-state index in [4.69, 9.17) is 9.15 Å². The fourth-order valence-electron chi connectivity index (χ4n) is 2.41. The van der Waals surface area contributed by atoms with Crippen LogP contribution < -0.4 is 10.1 Å². The molecular weight excluding hydrogens is 330 g/mol. The molecule has 1 amide bonds. The fourth-order valence-corrected chi connectivity index (χ4v) is 3.08. The summed E-state index contributed by atoms with van der Waals surface area (Å²) in [4.78, 5) is 12.4. The van der Waals surface area contributed by atoms with Gasteiger partial charge in [0, 0.05) is 11.8 Å². The SMILES string of the molecule is COc1ccccc1C(C)(C)NC(=O)c1ccc(CS(C)(=O)=O)o1. The minimum Gasteiger partial charge on any atom is -0.496 e. The molecule has 0 radical (unpaired) electrons. The van der Waals surface area contributed by atoms with Gasteiger partial charge in [-0.25, -0.2) is 8.42 Å². The predicted octanol–water partition coefficient (Wildman–Crippen LogP) is 2.50.